The van der Waals surface area contributed by atoms with E-state index in [1.807, 2.05) is 36.4 Å². The number of benzene rings is 2. The average molecular weight is 327 g/mol. The number of hydrogen-bond acceptors (Lipinski definition) is 4. The highest BCUT2D eigenvalue weighted by atomic mass is 35.5. The number of nitrogens with zero attached hydrogens (tertiary/aromatic N) is 4. The highest BCUT2D eigenvalue weighted by Crippen LogP contribution is 2.28. The molecule has 4 nitrogen and oxygen atoms in total. The summed E-state index contributed by atoms with van der Waals surface area (Å²) in [6, 6.07) is 15.8. The molecule has 0 unspecified atom stereocenters. The van der Waals surface area contributed by atoms with Crippen molar-refractivity contribution in [1.29, 1.82) is 0 Å². The molecule has 6 heteroatoms. The van der Waals surface area contributed by atoms with Crippen LogP contribution in [0.1, 0.15) is 5.56 Å². The molecule has 0 aliphatic carbocycles. The van der Waals surface area contributed by atoms with E-state index in [9.17, 15) is 0 Å². The summed E-state index contributed by atoms with van der Waals surface area (Å²) in [5.41, 5.74) is 3.22. The molecule has 0 fully saturated rings. The van der Waals surface area contributed by atoms with Gasteiger partial charge in [0.15, 0.2) is 5.82 Å². The molecule has 0 aliphatic rings. The Morgan fingerprint density at radius 3 is 2.59 bits per heavy atom. The minimum atomic E-state index is 0.715. The number of halogens is 1. The van der Waals surface area contributed by atoms with Gasteiger partial charge in [-0.3, -0.25) is 0 Å². The van der Waals surface area contributed by atoms with Crippen LogP contribution in [-0.2, 0) is 0 Å². The monoisotopic (exact) mass is 326 g/mol. The molecule has 2 aromatic carbocycles. The summed E-state index contributed by atoms with van der Waals surface area (Å²) >= 11 is 7.44. The van der Waals surface area contributed by atoms with Gasteiger partial charge in [-0.2, -0.15) is 9.61 Å². The highest BCUT2D eigenvalue weighted by molar-refractivity contribution is 7.19. The van der Waals surface area contributed by atoms with Crippen molar-refractivity contribution in [2.75, 3.05) is 0 Å². The van der Waals surface area contributed by atoms with Gasteiger partial charge in [-0.25, -0.2) is 0 Å². The van der Waals surface area contributed by atoms with Crippen LogP contribution in [0, 0.1) is 6.92 Å². The van der Waals surface area contributed by atoms with Crippen LogP contribution in [0.5, 0.6) is 0 Å². The van der Waals surface area contributed by atoms with Gasteiger partial charge in [-0.15, -0.1) is 10.2 Å². The van der Waals surface area contributed by atoms with Crippen molar-refractivity contribution >= 4 is 27.9 Å². The molecule has 0 amide bonds. The fourth-order valence-corrected chi connectivity index (χ4v) is 3.26. The van der Waals surface area contributed by atoms with Crippen LogP contribution in [0.3, 0.4) is 0 Å². The topological polar surface area (TPSA) is 43.1 Å². The van der Waals surface area contributed by atoms with Gasteiger partial charge in [-0.1, -0.05) is 58.8 Å². The largest absolute Gasteiger partial charge is 0.235 e. The Hall–Kier alpha value is -2.24. The molecule has 0 radical (unpaired) electrons. The molecule has 4 rings (SSSR count). The third-order valence-electron chi connectivity index (χ3n) is 3.36. The van der Waals surface area contributed by atoms with E-state index in [2.05, 4.69) is 34.4 Å². The van der Waals surface area contributed by atoms with Crippen LogP contribution < -0.4 is 0 Å². The van der Waals surface area contributed by atoms with Crippen LogP contribution in [0.15, 0.2) is 48.5 Å². The van der Waals surface area contributed by atoms with Gasteiger partial charge < -0.3 is 0 Å². The van der Waals surface area contributed by atoms with Crippen LogP contribution >= 0.6 is 22.9 Å². The lowest BCUT2D eigenvalue weighted by Gasteiger charge is -1.98. The summed E-state index contributed by atoms with van der Waals surface area (Å²) in [5.74, 6) is 0.759. The van der Waals surface area contributed by atoms with E-state index in [1.54, 1.807) is 4.52 Å². The molecule has 108 valence electrons. The second-order valence-electron chi connectivity index (χ2n) is 5.00. The Morgan fingerprint density at radius 2 is 1.82 bits per heavy atom. The third kappa shape index (κ3) is 2.28. The quantitative estimate of drug-likeness (QED) is 0.545. The van der Waals surface area contributed by atoms with Gasteiger partial charge in [0.2, 0.25) is 4.96 Å². The highest BCUT2D eigenvalue weighted by Gasteiger charge is 2.14. The first-order chi connectivity index (χ1) is 10.7. The lowest BCUT2D eigenvalue weighted by atomic mass is 10.1. The average Bonchev–Trinajstić information content (AvgIpc) is 3.08. The summed E-state index contributed by atoms with van der Waals surface area (Å²) in [6.45, 7) is 2.06. The summed E-state index contributed by atoms with van der Waals surface area (Å²) in [6.07, 6.45) is 0. The number of hydrogen-bond donors (Lipinski definition) is 0. The first-order valence-electron chi connectivity index (χ1n) is 6.76. The molecule has 0 bridgehead atoms. The van der Waals surface area contributed by atoms with Crippen molar-refractivity contribution in [3.63, 3.8) is 0 Å². The van der Waals surface area contributed by atoms with E-state index >= 15 is 0 Å². The number of fused-ring (bicyclic) bond motifs is 1. The Kier molecular flexibility index (Phi) is 3.17. The van der Waals surface area contributed by atoms with Gasteiger partial charge in [0.25, 0.3) is 0 Å². The SMILES string of the molecule is Cc1cccc(-c2nnc3sc(-c4ccc(Cl)cc4)nn23)c1. The molecular formula is C16H11ClN4S. The summed E-state index contributed by atoms with van der Waals surface area (Å²) in [7, 11) is 0. The first-order valence-corrected chi connectivity index (χ1v) is 7.95. The molecular weight excluding hydrogens is 316 g/mol. The molecule has 2 aromatic heterocycles. The summed E-state index contributed by atoms with van der Waals surface area (Å²) < 4.78 is 1.80. The van der Waals surface area contributed by atoms with Gasteiger partial charge in [0.1, 0.15) is 5.01 Å². The van der Waals surface area contributed by atoms with E-state index in [0.29, 0.717) is 5.02 Å². The minimum absolute atomic E-state index is 0.715. The van der Waals surface area contributed by atoms with Crippen molar-refractivity contribution in [2.45, 2.75) is 6.92 Å². The molecule has 0 atom stereocenters. The second kappa shape index (κ2) is 5.19. The lowest BCUT2D eigenvalue weighted by molar-refractivity contribution is 0.970. The summed E-state index contributed by atoms with van der Waals surface area (Å²) in [5, 5.41) is 14.7. The molecule has 4 aromatic rings. The van der Waals surface area contributed by atoms with Crippen molar-refractivity contribution in [2.24, 2.45) is 0 Å². The van der Waals surface area contributed by atoms with Crippen LogP contribution in [0.4, 0.5) is 0 Å². The maximum absolute atomic E-state index is 5.93. The molecule has 0 aliphatic heterocycles. The molecule has 0 saturated heterocycles. The maximum atomic E-state index is 5.93. The van der Waals surface area contributed by atoms with E-state index in [0.717, 1.165) is 26.9 Å². The zero-order valence-corrected chi connectivity index (χ0v) is 13.3. The predicted molar refractivity (Wildman–Crippen MR) is 89.3 cm³/mol. The van der Waals surface area contributed by atoms with Crippen molar-refractivity contribution in [1.82, 2.24) is 19.8 Å². The molecule has 0 spiro atoms. The van der Waals surface area contributed by atoms with Crippen molar-refractivity contribution in [3.05, 3.63) is 59.1 Å². The first kappa shape index (κ1) is 13.4. The normalized spacial score (nSPS) is 11.2. The Balaban J connectivity index is 1.84. The maximum Gasteiger partial charge on any atom is 0.235 e. The smallest absolute Gasteiger partial charge is 0.182 e. The minimum Gasteiger partial charge on any atom is -0.182 e. The van der Waals surface area contributed by atoms with E-state index in [-0.39, 0.29) is 0 Å². The van der Waals surface area contributed by atoms with Crippen LogP contribution in [-0.4, -0.2) is 19.8 Å². The van der Waals surface area contributed by atoms with Crippen LogP contribution in [0.2, 0.25) is 5.02 Å². The molecule has 22 heavy (non-hydrogen) atoms. The fraction of sp³-hybridized carbons (Fsp3) is 0.0625. The Morgan fingerprint density at radius 1 is 1.00 bits per heavy atom. The summed E-state index contributed by atoms with van der Waals surface area (Å²) in [4.78, 5) is 0.779. The van der Waals surface area contributed by atoms with E-state index in [4.69, 9.17) is 11.6 Å². The van der Waals surface area contributed by atoms with Crippen molar-refractivity contribution in [3.8, 4) is 22.0 Å². The van der Waals surface area contributed by atoms with Gasteiger partial charge in [0, 0.05) is 16.1 Å². The number of aromatic nitrogens is 4. The zero-order chi connectivity index (χ0) is 15.1. The van der Waals surface area contributed by atoms with Gasteiger partial charge >= 0.3 is 0 Å². The van der Waals surface area contributed by atoms with Crippen molar-refractivity contribution < 1.29 is 0 Å². The van der Waals surface area contributed by atoms with E-state index < -0.39 is 0 Å². The molecule has 2 heterocycles. The fourth-order valence-electron chi connectivity index (χ4n) is 2.29. The molecule has 0 saturated carbocycles. The molecule has 0 N–H and O–H groups in total. The van der Waals surface area contributed by atoms with Crippen LogP contribution in [0.25, 0.3) is 26.9 Å². The predicted octanol–water partition coefficient (Wildman–Crippen LogP) is 4.48. The van der Waals surface area contributed by atoms with Gasteiger partial charge in [-0.05, 0) is 25.1 Å². The lowest BCUT2D eigenvalue weighted by Crippen LogP contribution is -1.91. The number of aryl methyl sites for hydroxylation is 1. The second-order valence-corrected chi connectivity index (χ2v) is 6.39. The Bertz CT molecular complexity index is 956. The standard InChI is InChI=1S/C16H11ClN4S/c1-10-3-2-4-12(9-10)14-18-19-16-21(14)20-15(22-16)11-5-7-13(17)8-6-11/h2-9H,1H3. The zero-order valence-electron chi connectivity index (χ0n) is 11.7. The number of rotatable bonds is 2. The van der Waals surface area contributed by atoms with Gasteiger partial charge in [0.05, 0.1) is 0 Å². The third-order valence-corrected chi connectivity index (χ3v) is 4.56. The Labute approximate surface area is 136 Å². The van der Waals surface area contributed by atoms with E-state index in [1.165, 1.54) is 16.9 Å².